The van der Waals surface area contributed by atoms with Crippen LogP contribution in [0.3, 0.4) is 0 Å². The lowest BCUT2D eigenvalue weighted by Gasteiger charge is -2.37. The van der Waals surface area contributed by atoms with Gasteiger partial charge in [0.2, 0.25) is 0 Å². The number of halogens is 1. The lowest BCUT2D eigenvalue weighted by molar-refractivity contribution is -0.143. The zero-order valence-electron chi connectivity index (χ0n) is 20.6. The molecular formula is C28H30BrNO5. The van der Waals surface area contributed by atoms with Gasteiger partial charge in [-0.15, -0.1) is 0 Å². The van der Waals surface area contributed by atoms with Crippen LogP contribution in [-0.2, 0) is 14.3 Å². The van der Waals surface area contributed by atoms with Crippen LogP contribution in [0.1, 0.15) is 56.6 Å². The van der Waals surface area contributed by atoms with Crippen molar-refractivity contribution in [1.29, 1.82) is 0 Å². The first-order valence-corrected chi connectivity index (χ1v) is 12.5. The Hall–Kier alpha value is -3.06. The van der Waals surface area contributed by atoms with E-state index in [0.29, 0.717) is 41.2 Å². The second-order valence-corrected chi connectivity index (χ2v) is 9.96. The Kier molecular flexibility index (Phi) is 7.36. The fourth-order valence-electron chi connectivity index (χ4n) is 4.95. The van der Waals surface area contributed by atoms with Crippen molar-refractivity contribution >= 4 is 27.7 Å². The number of carbonyl (C=O) groups is 2. The SMILES string of the molecule is COc1ccc([C@H]2CC(=O)C3=C(C2)NC(C)=C(C(=O)OC(C)C)[C@H]3c2ccccc2Br)cc1OC. The Labute approximate surface area is 214 Å². The lowest BCUT2D eigenvalue weighted by Crippen LogP contribution is -2.36. The minimum Gasteiger partial charge on any atom is -0.493 e. The van der Waals surface area contributed by atoms with Gasteiger partial charge in [0.1, 0.15) is 0 Å². The van der Waals surface area contributed by atoms with Gasteiger partial charge < -0.3 is 19.5 Å². The molecule has 0 spiro atoms. The molecule has 2 aromatic rings. The number of benzene rings is 2. The minimum atomic E-state index is -0.507. The maximum absolute atomic E-state index is 13.7. The maximum Gasteiger partial charge on any atom is 0.337 e. The first kappa shape index (κ1) is 25.0. The van der Waals surface area contributed by atoms with Crippen molar-refractivity contribution in [3.05, 3.63) is 80.6 Å². The van der Waals surface area contributed by atoms with E-state index in [1.807, 2.05) is 63.2 Å². The summed E-state index contributed by atoms with van der Waals surface area (Å²) in [7, 11) is 3.20. The fourth-order valence-corrected chi connectivity index (χ4v) is 5.46. The molecule has 6 nitrogen and oxygen atoms in total. The molecule has 0 unspecified atom stereocenters. The number of ether oxygens (including phenoxy) is 3. The van der Waals surface area contributed by atoms with E-state index < -0.39 is 11.9 Å². The summed E-state index contributed by atoms with van der Waals surface area (Å²) in [5.41, 5.74) is 4.54. The Morgan fingerprint density at radius 1 is 1.06 bits per heavy atom. The van der Waals surface area contributed by atoms with Crippen molar-refractivity contribution in [3.8, 4) is 11.5 Å². The molecular weight excluding hydrogens is 510 g/mol. The number of methoxy groups -OCH3 is 2. The van der Waals surface area contributed by atoms with E-state index in [4.69, 9.17) is 14.2 Å². The second-order valence-electron chi connectivity index (χ2n) is 9.11. The molecule has 0 amide bonds. The van der Waals surface area contributed by atoms with Gasteiger partial charge in [0.25, 0.3) is 0 Å². The van der Waals surface area contributed by atoms with Crippen molar-refractivity contribution in [1.82, 2.24) is 5.32 Å². The van der Waals surface area contributed by atoms with Crippen molar-refractivity contribution in [3.63, 3.8) is 0 Å². The monoisotopic (exact) mass is 539 g/mol. The van der Waals surface area contributed by atoms with Crippen LogP contribution in [-0.4, -0.2) is 32.1 Å². The number of allylic oxidation sites excluding steroid dienone is 3. The van der Waals surface area contributed by atoms with Gasteiger partial charge in [-0.3, -0.25) is 4.79 Å². The molecule has 35 heavy (non-hydrogen) atoms. The number of dihydropyridines is 1. The third-order valence-electron chi connectivity index (χ3n) is 6.49. The van der Waals surface area contributed by atoms with Crippen molar-refractivity contribution < 1.29 is 23.8 Å². The quantitative estimate of drug-likeness (QED) is 0.469. The molecule has 1 aliphatic carbocycles. The van der Waals surface area contributed by atoms with Gasteiger partial charge in [0.05, 0.1) is 25.9 Å². The molecule has 2 aliphatic rings. The summed E-state index contributed by atoms with van der Waals surface area (Å²) in [6.07, 6.45) is 0.707. The van der Waals surface area contributed by atoms with Crippen LogP contribution in [0.25, 0.3) is 0 Å². The number of carbonyl (C=O) groups excluding carboxylic acids is 2. The van der Waals surface area contributed by atoms with E-state index in [0.717, 1.165) is 21.3 Å². The Balaban J connectivity index is 1.79. The van der Waals surface area contributed by atoms with Gasteiger partial charge >= 0.3 is 5.97 Å². The molecule has 1 N–H and O–H groups in total. The van der Waals surface area contributed by atoms with Gasteiger partial charge in [-0.1, -0.05) is 40.2 Å². The fraction of sp³-hybridized carbons (Fsp3) is 0.357. The van der Waals surface area contributed by atoms with Crippen LogP contribution in [0.15, 0.2) is 69.5 Å². The van der Waals surface area contributed by atoms with E-state index in [2.05, 4.69) is 21.2 Å². The smallest absolute Gasteiger partial charge is 0.337 e. The summed E-state index contributed by atoms with van der Waals surface area (Å²) in [5.74, 6) is 0.357. The average Bonchev–Trinajstić information content (AvgIpc) is 2.82. The van der Waals surface area contributed by atoms with E-state index in [9.17, 15) is 9.59 Å². The van der Waals surface area contributed by atoms with Gasteiger partial charge in [0, 0.05) is 33.8 Å². The van der Waals surface area contributed by atoms with Crippen molar-refractivity contribution in [2.24, 2.45) is 0 Å². The summed E-state index contributed by atoms with van der Waals surface area (Å²) in [6, 6.07) is 13.5. The normalized spacial score (nSPS) is 19.9. The van der Waals surface area contributed by atoms with Crippen molar-refractivity contribution in [2.75, 3.05) is 14.2 Å². The zero-order chi connectivity index (χ0) is 25.3. The number of rotatable bonds is 6. The number of hydrogen-bond donors (Lipinski definition) is 1. The van der Waals surface area contributed by atoms with Gasteiger partial charge in [-0.05, 0) is 62.4 Å². The summed E-state index contributed by atoms with van der Waals surface area (Å²) in [5, 5.41) is 3.39. The largest absolute Gasteiger partial charge is 0.493 e. The predicted octanol–water partition coefficient (Wildman–Crippen LogP) is 5.78. The lowest BCUT2D eigenvalue weighted by atomic mass is 9.71. The number of esters is 1. The summed E-state index contributed by atoms with van der Waals surface area (Å²) in [6.45, 7) is 5.51. The number of ketones is 1. The van der Waals surface area contributed by atoms with Crippen LogP contribution in [0.4, 0.5) is 0 Å². The molecule has 2 aromatic carbocycles. The molecule has 0 saturated heterocycles. The van der Waals surface area contributed by atoms with Gasteiger partial charge in [-0.2, -0.15) is 0 Å². The molecule has 0 aromatic heterocycles. The van der Waals surface area contributed by atoms with Crippen LogP contribution in [0.5, 0.6) is 11.5 Å². The van der Waals surface area contributed by atoms with E-state index in [-0.39, 0.29) is 17.8 Å². The minimum absolute atomic E-state index is 0.0154. The molecule has 0 saturated carbocycles. The third-order valence-corrected chi connectivity index (χ3v) is 7.21. The molecule has 0 fully saturated rings. The first-order chi connectivity index (χ1) is 16.7. The highest BCUT2D eigenvalue weighted by molar-refractivity contribution is 9.10. The standard InChI is InChI=1S/C28H30BrNO5/c1-15(2)35-28(32)25-16(3)30-21-12-18(17-10-11-23(33-4)24(14-17)34-5)13-22(31)27(21)26(25)19-8-6-7-9-20(19)29/h6-11,14-15,18,26,30H,12-13H2,1-5H3/t18-,26-/m1/s1. The summed E-state index contributed by atoms with van der Waals surface area (Å²) in [4.78, 5) is 27.0. The Morgan fingerprint density at radius 3 is 2.43 bits per heavy atom. The zero-order valence-corrected chi connectivity index (χ0v) is 22.2. The van der Waals surface area contributed by atoms with Crippen LogP contribution in [0.2, 0.25) is 0 Å². The molecule has 2 atom stereocenters. The number of Topliss-reactive ketones (excluding diaryl/α,β-unsaturated/α-hetero) is 1. The van der Waals surface area contributed by atoms with E-state index in [1.165, 1.54) is 0 Å². The maximum atomic E-state index is 13.7. The van der Waals surface area contributed by atoms with Gasteiger partial charge in [0.15, 0.2) is 17.3 Å². The van der Waals surface area contributed by atoms with Crippen LogP contribution >= 0.6 is 15.9 Å². The summed E-state index contributed by atoms with van der Waals surface area (Å²) >= 11 is 3.64. The number of hydrogen-bond acceptors (Lipinski definition) is 6. The van der Waals surface area contributed by atoms with E-state index >= 15 is 0 Å². The third kappa shape index (κ3) is 4.87. The molecule has 1 aliphatic heterocycles. The highest BCUT2D eigenvalue weighted by Crippen LogP contribution is 2.47. The second kappa shape index (κ2) is 10.3. The molecule has 4 rings (SSSR count). The molecule has 184 valence electrons. The molecule has 1 heterocycles. The highest BCUT2D eigenvalue weighted by atomic mass is 79.9. The topological polar surface area (TPSA) is 73.9 Å². The average molecular weight is 540 g/mol. The predicted molar refractivity (Wildman–Crippen MR) is 138 cm³/mol. The summed E-state index contributed by atoms with van der Waals surface area (Å²) < 4.78 is 17.3. The Morgan fingerprint density at radius 2 is 1.77 bits per heavy atom. The molecule has 7 heteroatoms. The Bertz CT molecular complexity index is 1230. The van der Waals surface area contributed by atoms with Crippen LogP contribution < -0.4 is 14.8 Å². The van der Waals surface area contributed by atoms with E-state index in [1.54, 1.807) is 14.2 Å². The highest BCUT2D eigenvalue weighted by Gasteiger charge is 2.42. The number of nitrogens with one attached hydrogen (secondary N) is 1. The first-order valence-electron chi connectivity index (χ1n) is 11.7. The van der Waals surface area contributed by atoms with Crippen molar-refractivity contribution in [2.45, 2.75) is 51.6 Å². The molecule has 0 bridgehead atoms. The molecule has 0 radical (unpaired) electrons. The van der Waals surface area contributed by atoms with Crippen LogP contribution in [0, 0.1) is 0 Å². The van der Waals surface area contributed by atoms with Gasteiger partial charge in [-0.25, -0.2) is 4.79 Å².